The number of carbonyl (C=O) groups is 1. The van der Waals surface area contributed by atoms with E-state index in [9.17, 15) is 4.79 Å². The SMILES string of the molecule is CC(C)(C)C1CCCC=C1C(=O)O. The van der Waals surface area contributed by atoms with E-state index in [-0.39, 0.29) is 11.3 Å². The van der Waals surface area contributed by atoms with Gasteiger partial charge in [-0.1, -0.05) is 26.8 Å². The quantitative estimate of drug-likeness (QED) is 0.677. The Bertz CT molecular complexity index is 233. The van der Waals surface area contributed by atoms with Crippen molar-refractivity contribution in [2.45, 2.75) is 40.0 Å². The maximum atomic E-state index is 10.9. The maximum absolute atomic E-state index is 10.9. The van der Waals surface area contributed by atoms with Crippen LogP contribution >= 0.6 is 0 Å². The topological polar surface area (TPSA) is 37.3 Å². The van der Waals surface area contributed by atoms with Crippen molar-refractivity contribution < 1.29 is 9.90 Å². The molecule has 1 rings (SSSR count). The van der Waals surface area contributed by atoms with Crippen molar-refractivity contribution >= 4 is 5.97 Å². The molecule has 0 aromatic heterocycles. The van der Waals surface area contributed by atoms with Crippen LogP contribution in [-0.2, 0) is 4.79 Å². The lowest BCUT2D eigenvalue weighted by molar-refractivity contribution is -0.133. The Kier molecular flexibility index (Phi) is 2.79. The summed E-state index contributed by atoms with van der Waals surface area (Å²) in [6, 6.07) is 0. The Balaban J connectivity index is 2.89. The molecule has 0 saturated carbocycles. The Hall–Kier alpha value is -0.790. The molecular weight excluding hydrogens is 164 g/mol. The minimum atomic E-state index is -0.736. The zero-order chi connectivity index (χ0) is 10.1. The van der Waals surface area contributed by atoms with E-state index in [2.05, 4.69) is 20.8 Å². The van der Waals surface area contributed by atoms with Gasteiger partial charge in [-0.25, -0.2) is 4.79 Å². The lowest BCUT2D eigenvalue weighted by Crippen LogP contribution is -2.27. The summed E-state index contributed by atoms with van der Waals surface area (Å²) in [4.78, 5) is 10.9. The summed E-state index contributed by atoms with van der Waals surface area (Å²) < 4.78 is 0. The molecule has 1 N–H and O–H groups in total. The number of rotatable bonds is 1. The van der Waals surface area contributed by atoms with Gasteiger partial charge in [0.05, 0.1) is 0 Å². The fourth-order valence-electron chi connectivity index (χ4n) is 2.01. The second kappa shape index (κ2) is 3.52. The molecule has 0 radical (unpaired) electrons. The average molecular weight is 182 g/mol. The zero-order valence-corrected chi connectivity index (χ0v) is 8.63. The van der Waals surface area contributed by atoms with E-state index in [0.29, 0.717) is 5.57 Å². The van der Waals surface area contributed by atoms with Gasteiger partial charge in [0.15, 0.2) is 0 Å². The molecule has 1 unspecified atom stereocenters. The molecule has 13 heavy (non-hydrogen) atoms. The predicted molar refractivity (Wildman–Crippen MR) is 52.5 cm³/mol. The summed E-state index contributed by atoms with van der Waals surface area (Å²) in [5.41, 5.74) is 0.698. The third-order valence-electron chi connectivity index (χ3n) is 2.73. The minimum absolute atomic E-state index is 0.0741. The van der Waals surface area contributed by atoms with Crippen LogP contribution < -0.4 is 0 Å². The first-order valence-electron chi connectivity index (χ1n) is 4.86. The van der Waals surface area contributed by atoms with Gasteiger partial charge in [0.2, 0.25) is 0 Å². The summed E-state index contributed by atoms with van der Waals surface area (Å²) in [5, 5.41) is 9.00. The van der Waals surface area contributed by atoms with Gasteiger partial charge in [0.25, 0.3) is 0 Å². The minimum Gasteiger partial charge on any atom is -0.478 e. The molecule has 0 aromatic carbocycles. The maximum Gasteiger partial charge on any atom is 0.331 e. The molecule has 2 heteroatoms. The van der Waals surface area contributed by atoms with E-state index in [0.717, 1.165) is 19.3 Å². The van der Waals surface area contributed by atoms with E-state index in [4.69, 9.17) is 5.11 Å². The number of hydrogen-bond acceptors (Lipinski definition) is 1. The van der Waals surface area contributed by atoms with Gasteiger partial charge in [0.1, 0.15) is 0 Å². The van der Waals surface area contributed by atoms with Crippen LogP contribution in [0.25, 0.3) is 0 Å². The second-order valence-corrected chi connectivity index (χ2v) is 4.81. The van der Waals surface area contributed by atoms with E-state index in [1.807, 2.05) is 6.08 Å². The van der Waals surface area contributed by atoms with Crippen molar-refractivity contribution in [2.24, 2.45) is 11.3 Å². The molecule has 0 heterocycles. The summed E-state index contributed by atoms with van der Waals surface area (Å²) in [5.74, 6) is -0.515. The number of allylic oxidation sites excluding steroid dienone is 1. The van der Waals surface area contributed by atoms with Gasteiger partial charge >= 0.3 is 5.97 Å². The summed E-state index contributed by atoms with van der Waals surface area (Å²) >= 11 is 0. The van der Waals surface area contributed by atoms with Crippen LogP contribution in [0.2, 0.25) is 0 Å². The lowest BCUT2D eigenvalue weighted by atomic mass is 9.71. The molecule has 0 amide bonds. The molecule has 1 atom stereocenters. The van der Waals surface area contributed by atoms with Crippen molar-refractivity contribution in [2.75, 3.05) is 0 Å². The highest BCUT2D eigenvalue weighted by molar-refractivity contribution is 5.87. The van der Waals surface area contributed by atoms with Crippen molar-refractivity contribution in [3.05, 3.63) is 11.6 Å². The van der Waals surface area contributed by atoms with Gasteiger partial charge in [-0.2, -0.15) is 0 Å². The molecular formula is C11H18O2. The van der Waals surface area contributed by atoms with Gasteiger partial charge < -0.3 is 5.11 Å². The highest BCUT2D eigenvalue weighted by Gasteiger charge is 2.32. The first kappa shape index (κ1) is 10.3. The van der Waals surface area contributed by atoms with Crippen LogP contribution in [-0.4, -0.2) is 11.1 Å². The van der Waals surface area contributed by atoms with Crippen LogP contribution in [0.3, 0.4) is 0 Å². The molecule has 1 aliphatic rings. The number of hydrogen-bond donors (Lipinski definition) is 1. The van der Waals surface area contributed by atoms with Crippen LogP contribution in [0.15, 0.2) is 11.6 Å². The first-order valence-corrected chi connectivity index (χ1v) is 4.86. The molecule has 0 fully saturated rings. The largest absolute Gasteiger partial charge is 0.478 e. The van der Waals surface area contributed by atoms with Crippen molar-refractivity contribution in [1.29, 1.82) is 0 Å². The van der Waals surface area contributed by atoms with Crippen molar-refractivity contribution in [3.8, 4) is 0 Å². The highest BCUT2D eigenvalue weighted by atomic mass is 16.4. The fraction of sp³-hybridized carbons (Fsp3) is 0.727. The third-order valence-corrected chi connectivity index (χ3v) is 2.73. The highest BCUT2D eigenvalue weighted by Crippen LogP contribution is 2.38. The van der Waals surface area contributed by atoms with Crippen LogP contribution in [0.4, 0.5) is 0 Å². The summed E-state index contributed by atoms with van der Waals surface area (Å²) in [6.07, 6.45) is 4.95. The van der Waals surface area contributed by atoms with E-state index < -0.39 is 5.97 Å². The first-order chi connectivity index (χ1) is 5.93. The smallest absolute Gasteiger partial charge is 0.331 e. The molecule has 0 bridgehead atoms. The number of carboxylic acid groups (broad SMARTS) is 1. The van der Waals surface area contributed by atoms with Gasteiger partial charge in [-0.3, -0.25) is 0 Å². The molecule has 0 saturated heterocycles. The molecule has 0 spiro atoms. The van der Waals surface area contributed by atoms with E-state index in [1.54, 1.807) is 0 Å². The fourth-order valence-corrected chi connectivity index (χ4v) is 2.01. The third kappa shape index (κ3) is 2.33. The van der Waals surface area contributed by atoms with Gasteiger partial charge in [-0.15, -0.1) is 0 Å². The summed E-state index contributed by atoms with van der Waals surface area (Å²) in [7, 11) is 0. The Morgan fingerprint density at radius 2 is 2.15 bits per heavy atom. The molecule has 0 aliphatic heterocycles. The molecule has 1 aliphatic carbocycles. The lowest BCUT2D eigenvalue weighted by Gasteiger charge is -2.33. The molecule has 0 aromatic rings. The monoisotopic (exact) mass is 182 g/mol. The van der Waals surface area contributed by atoms with Crippen molar-refractivity contribution in [3.63, 3.8) is 0 Å². The zero-order valence-electron chi connectivity index (χ0n) is 8.63. The van der Waals surface area contributed by atoms with Crippen LogP contribution in [0.1, 0.15) is 40.0 Å². The van der Waals surface area contributed by atoms with Gasteiger partial charge in [0, 0.05) is 5.57 Å². The predicted octanol–water partition coefficient (Wildman–Crippen LogP) is 2.84. The van der Waals surface area contributed by atoms with Crippen LogP contribution in [0, 0.1) is 11.3 Å². The Labute approximate surface area is 79.6 Å². The number of carboxylic acids is 1. The Morgan fingerprint density at radius 1 is 1.54 bits per heavy atom. The van der Waals surface area contributed by atoms with Crippen LogP contribution in [0.5, 0.6) is 0 Å². The average Bonchev–Trinajstić information content (AvgIpc) is 2.03. The Morgan fingerprint density at radius 3 is 2.54 bits per heavy atom. The standard InChI is InChI=1S/C11H18O2/c1-11(2,3)9-7-5-4-6-8(9)10(12)13/h6,9H,4-5,7H2,1-3H3,(H,12,13). The van der Waals surface area contributed by atoms with E-state index >= 15 is 0 Å². The van der Waals surface area contributed by atoms with E-state index in [1.165, 1.54) is 0 Å². The van der Waals surface area contributed by atoms with Gasteiger partial charge in [-0.05, 0) is 30.6 Å². The van der Waals surface area contributed by atoms with Crippen molar-refractivity contribution in [1.82, 2.24) is 0 Å². The second-order valence-electron chi connectivity index (χ2n) is 4.81. The normalized spacial score (nSPS) is 23.9. The summed E-state index contributed by atoms with van der Waals surface area (Å²) in [6.45, 7) is 6.33. The molecule has 74 valence electrons. The molecule has 2 nitrogen and oxygen atoms in total. The number of aliphatic carboxylic acids is 1.